The molecule has 3 heteroatoms. The van der Waals surface area contributed by atoms with Gasteiger partial charge in [-0.2, -0.15) is 0 Å². The first-order valence-electron chi connectivity index (χ1n) is 3.93. The third kappa shape index (κ3) is 2.62. The van der Waals surface area contributed by atoms with Crippen LogP contribution in [0.5, 0.6) is 0 Å². The normalized spacial score (nSPS) is 36.0. The van der Waals surface area contributed by atoms with E-state index in [0.29, 0.717) is 12.1 Å². The van der Waals surface area contributed by atoms with Crippen molar-refractivity contribution in [3.63, 3.8) is 0 Å². The molecule has 1 fully saturated rings. The summed E-state index contributed by atoms with van der Waals surface area (Å²) in [6.45, 7) is 9.48. The van der Waals surface area contributed by atoms with E-state index in [9.17, 15) is 0 Å². The highest BCUT2D eigenvalue weighted by Crippen LogP contribution is 2.20. The average Bonchev–Trinajstić information content (AvgIpc) is 1.78. The van der Waals surface area contributed by atoms with Gasteiger partial charge in [0.2, 0.25) is 0 Å². The Balaban J connectivity index is 0.000001000. The Labute approximate surface area is 75.1 Å². The Kier molecular flexibility index (Phi) is 3.82. The van der Waals surface area contributed by atoms with Gasteiger partial charge in [-0.1, -0.05) is 0 Å². The molecule has 68 valence electrons. The van der Waals surface area contributed by atoms with Crippen molar-refractivity contribution in [1.82, 2.24) is 5.32 Å². The zero-order valence-corrected chi connectivity index (χ0v) is 8.49. The van der Waals surface area contributed by atoms with Crippen LogP contribution in [0.25, 0.3) is 0 Å². The maximum absolute atomic E-state index is 5.72. The van der Waals surface area contributed by atoms with Crippen LogP contribution in [0.1, 0.15) is 27.7 Å². The van der Waals surface area contributed by atoms with Crippen molar-refractivity contribution < 1.29 is 4.74 Å². The summed E-state index contributed by atoms with van der Waals surface area (Å²) in [4.78, 5) is 0. The molecule has 0 bridgehead atoms. The lowest BCUT2D eigenvalue weighted by atomic mass is 9.98. The molecule has 0 saturated carbocycles. The fraction of sp³-hybridized carbons (Fsp3) is 1.00. The smallest absolute Gasteiger partial charge is 0.0780 e. The van der Waals surface area contributed by atoms with E-state index in [4.69, 9.17) is 4.74 Å². The minimum atomic E-state index is -0.00231. The minimum Gasteiger partial charge on any atom is -0.370 e. The summed E-state index contributed by atoms with van der Waals surface area (Å²) in [5.74, 6) is 0. The van der Waals surface area contributed by atoms with Gasteiger partial charge < -0.3 is 10.1 Å². The number of nitrogens with one attached hydrogen (secondary N) is 1. The van der Waals surface area contributed by atoms with E-state index in [1.54, 1.807) is 0 Å². The van der Waals surface area contributed by atoms with Crippen molar-refractivity contribution in [2.75, 3.05) is 6.54 Å². The molecular weight excluding hydrogens is 162 g/mol. The zero-order chi connectivity index (χ0) is 7.78. The number of hydrogen-bond acceptors (Lipinski definition) is 2. The number of rotatable bonds is 0. The molecular formula is C8H18ClNO. The maximum atomic E-state index is 5.72. The van der Waals surface area contributed by atoms with Crippen LogP contribution in [0.2, 0.25) is 0 Å². The predicted octanol–water partition coefficient (Wildman–Crippen LogP) is 1.58. The summed E-state index contributed by atoms with van der Waals surface area (Å²) in [5.41, 5.74) is -0.00231. The second kappa shape index (κ2) is 3.74. The highest BCUT2D eigenvalue weighted by atomic mass is 35.5. The van der Waals surface area contributed by atoms with Crippen LogP contribution in [-0.4, -0.2) is 24.3 Å². The summed E-state index contributed by atoms with van der Waals surface area (Å²) in [7, 11) is 0. The van der Waals surface area contributed by atoms with Crippen molar-refractivity contribution in [2.24, 2.45) is 0 Å². The van der Waals surface area contributed by atoms with Crippen LogP contribution in [0.15, 0.2) is 0 Å². The number of halogens is 1. The molecule has 1 aliphatic heterocycles. The first kappa shape index (κ1) is 11.2. The molecule has 0 spiro atoms. The van der Waals surface area contributed by atoms with Crippen LogP contribution in [0.3, 0.4) is 0 Å². The van der Waals surface area contributed by atoms with Gasteiger partial charge in [0.25, 0.3) is 0 Å². The van der Waals surface area contributed by atoms with E-state index < -0.39 is 0 Å². The molecule has 0 aromatic heterocycles. The minimum absolute atomic E-state index is 0. The Morgan fingerprint density at radius 1 is 1.36 bits per heavy atom. The third-order valence-electron chi connectivity index (χ3n) is 2.26. The van der Waals surface area contributed by atoms with Crippen LogP contribution < -0.4 is 5.32 Å². The van der Waals surface area contributed by atoms with Crippen molar-refractivity contribution in [3.05, 3.63) is 0 Å². The predicted molar refractivity (Wildman–Crippen MR) is 49.3 cm³/mol. The van der Waals surface area contributed by atoms with Crippen LogP contribution >= 0.6 is 12.4 Å². The molecule has 0 aromatic carbocycles. The van der Waals surface area contributed by atoms with Gasteiger partial charge in [0.05, 0.1) is 11.7 Å². The Bertz CT molecular complexity index is 127. The first-order chi connectivity index (χ1) is 4.52. The van der Waals surface area contributed by atoms with E-state index >= 15 is 0 Å². The van der Waals surface area contributed by atoms with E-state index in [1.807, 2.05) is 0 Å². The van der Waals surface area contributed by atoms with Gasteiger partial charge in [-0.3, -0.25) is 0 Å². The Morgan fingerprint density at radius 2 is 1.91 bits per heavy atom. The summed E-state index contributed by atoms with van der Waals surface area (Å²) in [6.07, 6.45) is 0.353. The van der Waals surface area contributed by atoms with E-state index in [0.717, 1.165) is 6.54 Å². The third-order valence-corrected chi connectivity index (χ3v) is 2.26. The van der Waals surface area contributed by atoms with Gasteiger partial charge in [0, 0.05) is 12.6 Å². The molecule has 2 unspecified atom stereocenters. The van der Waals surface area contributed by atoms with E-state index in [2.05, 4.69) is 33.0 Å². The molecule has 1 aliphatic rings. The average molecular weight is 180 g/mol. The van der Waals surface area contributed by atoms with Crippen LogP contribution in [-0.2, 0) is 4.74 Å². The lowest BCUT2D eigenvalue weighted by molar-refractivity contribution is -0.109. The maximum Gasteiger partial charge on any atom is 0.0780 e. The SMILES string of the molecule is CC1CNC(C)C(C)(C)O1.Cl. The second-order valence-corrected chi connectivity index (χ2v) is 3.66. The molecule has 0 amide bonds. The molecule has 2 atom stereocenters. The molecule has 1 heterocycles. The summed E-state index contributed by atoms with van der Waals surface area (Å²) in [5, 5.41) is 3.40. The van der Waals surface area contributed by atoms with E-state index in [1.165, 1.54) is 0 Å². The van der Waals surface area contributed by atoms with E-state index in [-0.39, 0.29) is 18.0 Å². The lowest BCUT2D eigenvalue weighted by Gasteiger charge is -2.40. The van der Waals surface area contributed by atoms with Crippen molar-refractivity contribution in [2.45, 2.75) is 45.4 Å². The van der Waals surface area contributed by atoms with Gasteiger partial charge in [-0.25, -0.2) is 0 Å². The fourth-order valence-electron chi connectivity index (χ4n) is 1.25. The van der Waals surface area contributed by atoms with Gasteiger partial charge >= 0.3 is 0 Å². The Hall–Kier alpha value is 0.210. The monoisotopic (exact) mass is 179 g/mol. The quantitative estimate of drug-likeness (QED) is 0.610. The number of morpholine rings is 1. The first-order valence-corrected chi connectivity index (χ1v) is 3.93. The van der Waals surface area contributed by atoms with Crippen molar-refractivity contribution >= 4 is 12.4 Å². The molecule has 0 radical (unpaired) electrons. The van der Waals surface area contributed by atoms with Gasteiger partial charge in [0.15, 0.2) is 0 Å². The highest BCUT2D eigenvalue weighted by molar-refractivity contribution is 5.85. The molecule has 2 nitrogen and oxygen atoms in total. The van der Waals surface area contributed by atoms with Crippen molar-refractivity contribution in [3.8, 4) is 0 Å². The topological polar surface area (TPSA) is 21.3 Å². The second-order valence-electron chi connectivity index (χ2n) is 3.66. The standard InChI is InChI=1S/C8H17NO.ClH/c1-6-5-9-7(2)8(3,4)10-6;/h6-7,9H,5H2,1-4H3;1H. The number of ether oxygens (including phenoxy) is 1. The Morgan fingerprint density at radius 3 is 2.27 bits per heavy atom. The molecule has 1 N–H and O–H groups in total. The lowest BCUT2D eigenvalue weighted by Crippen LogP contribution is -2.55. The highest BCUT2D eigenvalue weighted by Gasteiger charge is 2.32. The van der Waals surface area contributed by atoms with Crippen LogP contribution in [0.4, 0.5) is 0 Å². The van der Waals surface area contributed by atoms with Crippen molar-refractivity contribution in [1.29, 1.82) is 0 Å². The van der Waals surface area contributed by atoms with Gasteiger partial charge in [-0.05, 0) is 27.7 Å². The summed E-state index contributed by atoms with van der Waals surface area (Å²) < 4.78 is 5.72. The number of hydrogen-bond donors (Lipinski definition) is 1. The molecule has 11 heavy (non-hydrogen) atoms. The summed E-state index contributed by atoms with van der Waals surface area (Å²) >= 11 is 0. The molecule has 0 aliphatic carbocycles. The zero-order valence-electron chi connectivity index (χ0n) is 7.68. The molecule has 1 saturated heterocycles. The van der Waals surface area contributed by atoms with Crippen LogP contribution in [0, 0.1) is 0 Å². The molecule has 0 aromatic rings. The van der Waals surface area contributed by atoms with Gasteiger partial charge in [0.1, 0.15) is 0 Å². The fourth-order valence-corrected chi connectivity index (χ4v) is 1.25. The largest absolute Gasteiger partial charge is 0.370 e. The summed E-state index contributed by atoms with van der Waals surface area (Å²) in [6, 6.07) is 0.462. The molecule has 1 rings (SSSR count). The van der Waals surface area contributed by atoms with Gasteiger partial charge in [-0.15, -0.1) is 12.4 Å².